The molecule has 0 saturated carbocycles. The first-order chi connectivity index (χ1) is 29.3. The van der Waals surface area contributed by atoms with Crippen LogP contribution in [0, 0.1) is 0 Å². The molecule has 7 aromatic carbocycles. The highest BCUT2D eigenvalue weighted by Gasteiger charge is 2.32. The minimum atomic E-state index is -4.51. The number of hydrogen-bond donors (Lipinski definition) is 0. The highest BCUT2D eigenvalue weighted by Crippen LogP contribution is 2.38. The average Bonchev–Trinajstić information content (AvgIpc) is 3.84. The van der Waals surface area contributed by atoms with E-state index in [1.807, 2.05) is 72.8 Å². The van der Waals surface area contributed by atoms with Gasteiger partial charge in [-0.25, -0.2) is 15.0 Å². The second-order valence-corrected chi connectivity index (χ2v) is 14.6. The van der Waals surface area contributed by atoms with Crippen LogP contribution < -0.4 is 0 Å². The number of rotatable bonds is 6. The van der Waals surface area contributed by atoms with E-state index in [9.17, 15) is 13.2 Å². The zero-order valence-electron chi connectivity index (χ0n) is 31.6. The molecule has 4 aromatic heterocycles. The van der Waals surface area contributed by atoms with Gasteiger partial charge in [0.2, 0.25) is 0 Å². The van der Waals surface area contributed by atoms with Crippen molar-refractivity contribution < 1.29 is 17.6 Å². The van der Waals surface area contributed by atoms with Crippen molar-refractivity contribution in [2.45, 2.75) is 6.18 Å². The van der Waals surface area contributed by atoms with Gasteiger partial charge in [0, 0.05) is 44.7 Å². The van der Waals surface area contributed by atoms with Crippen LogP contribution in [-0.2, 0) is 6.18 Å². The summed E-state index contributed by atoms with van der Waals surface area (Å²) < 4.78 is 48.0. The maximum absolute atomic E-state index is 13.3. The average molecular weight is 786 g/mol. The van der Waals surface area contributed by atoms with Crippen molar-refractivity contribution in [1.29, 1.82) is 0 Å². The predicted molar refractivity (Wildman–Crippen MR) is 231 cm³/mol. The monoisotopic (exact) mass is 785 g/mol. The molecule has 0 radical (unpaired) electrons. The molecule has 4 heterocycles. The van der Waals surface area contributed by atoms with E-state index < -0.39 is 11.7 Å². The lowest BCUT2D eigenvalue weighted by Gasteiger charge is -2.10. The van der Waals surface area contributed by atoms with E-state index in [4.69, 9.17) is 19.4 Å². The summed E-state index contributed by atoms with van der Waals surface area (Å²) in [4.78, 5) is 18.9. The molecule has 0 spiro atoms. The fraction of sp³-hybridized carbons (Fsp3) is 0.0196. The van der Waals surface area contributed by atoms with Crippen molar-refractivity contribution in [3.8, 4) is 62.1 Å². The maximum atomic E-state index is 13.3. The molecule has 0 aliphatic carbocycles. The third-order valence-electron chi connectivity index (χ3n) is 10.9. The molecule has 6 nitrogen and oxygen atoms in total. The standard InChI is InChI=1S/C51H30F3N5O/c52-51(53,54)38-29-46-47(55-30-38)42-28-37(24-26-45(42)60-46)32-17-21-35(22-18-32)50-57-48(33-9-3-1-4-10-33)56-49(58-50)34-19-15-31(16-20-34)36-23-25-44-41(27-36)40-13-7-8-14-43(40)59(44)39-11-5-2-6-12-39/h1-30H. The molecular weight excluding hydrogens is 756 g/mol. The summed E-state index contributed by atoms with van der Waals surface area (Å²) in [7, 11) is 0. The van der Waals surface area contributed by atoms with Crippen molar-refractivity contribution in [2.24, 2.45) is 0 Å². The molecule has 0 unspecified atom stereocenters. The highest BCUT2D eigenvalue weighted by atomic mass is 19.4. The van der Waals surface area contributed by atoms with Crippen molar-refractivity contribution in [3.63, 3.8) is 0 Å². The summed E-state index contributed by atoms with van der Waals surface area (Å²) >= 11 is 0. The molecule has 11 rings (SSSR count). The number of furan rings is 1. The quantitative estimate of drug-likeness (QED) is 0.168. The second kappa shape index (κ2) is 13.9. The van der Waals surface area contributed by atoms with Crippen LogP contribution in [0.25, 0.3) is 106 Å². The number of para-hydroxylation sites is 2. The van der Waals surface area contributed by atoms with E-state index in [1.54, 1.807) is 6.07 Å². The van der Waals surface area contributed by atoms with Gasteiger partial charge in [-0.2, -0.15) is 13.2 Å². The van der Waals surface area contributed by atoms with E-state index in [0.717, 1.165) is 67.9 Å². The van der Waals surface area contributed by atoms with Gasteiger partial charge < -0.3 is 8.98 Å². The van der Waals surface area contributed by atoms with Crippen LogP contribution in [0.1, 0.15) is 5.56 Å². The Hall–Kier alpha value is -7.91. The topological polar surface area (TPSA) is 69.6 Å². The molecule has 9 heteroatoms. The second-order valence-electron chi connectivity index (χ2n) is 14.6. The summed E-state index contributed by atoms with van der Waals surface area (Å²) in [5, 5.41) is 3.02. The lowest BCUT2D eigenvalue weighted by atomic mass is 10.0. The lowest BCUT2D eigenvalue weighted by molar-refractivity contribution is -0.137. The molecule has 0 bridgehead atoms. The van der Waals surface area contributed by atoms with E-state index in [0.29, 0.717) is 34.0 Å². The Morgan fingerprint density at radius 2 is 0.917 bits per heavy atom. The van der Waals surface area contributed by atoms with Crippen molar-refractivity contribution in [2.75, 3.05) is 0 Å². The SMILES string of the molecule is FC(F)(F)c1cnc2c(c1)oc1ccc(-c3ccc(-c4nc(-c5ccccc5)nc(-c5ccc(-c6ccc7c(c6)c6ccccc6n7-c6ccccc6)cc5)n4)cc3)cc12. The lowest BCUT2D eigenvalue weighted by Crippen LogP contribution is -2.04. The number of alkyl halides is 3. The van der Waals surface area contributed by atoms with Gasteiger partial charge in [-0.1, -0.05) is 127 Å². The fourth-order valence-corrected chi connectivity index (χ4v) is 7.96. The smallest absolute Gasteiger partial charge is 0.418 e. The summed E-state index contributed by atoms with van der Waals surface area (Å²) in [6, 6.07) is 58.1. The minimum absolute atomic E-state index is 0.0896. The van der Waals surface area contributed by atoms with Gasteiger partial charge in [-0.3, -0.25) is 4.98 Å². The number of halogens is 3. The zero-order valence-corrected chi connectivity index (χ0v) is 31.6. The van der Waals surface area contributed by atoms with Gasteiger partial charge in [0.15, 0.2) is 23.1 Å². The van der Waals surface area contributed by atoms with Crippen LogP contribution in [-0.4, -0.2) is 24.5 Å². The normalized spacial score (nSPS) is 11.9. The first kappa shape index (κ1) is 35.3. The predicted octanol–water partition coefficient (Wildman–Crippen LogP) is 13.6. The molecule has 60 heavy (non-hydrogen) atoms. The molecule has 0 saturated heterocycles. The maximum Gasteiger partial charge on any atom is 0.418 e. The Morgan fingerprint density at radius 3 is 1.55 bits per heavy atom. The molecule has 286 valence electrons. The Kier molecular flexibility index (Phi) is 8.16. The number of nitrogens with zero attached hydrogens (tertiary/aromatic N) is 5. The van der Waals surface area contributed by atoms with Gasteiger partial charge in [-0.15, -0.1) is 0 Å². The van der Waals surface area contributed by atoms with Gasteiger partial charge in [-0.05, 0) is 70.8 Å². The third kappa shape index (κ3) is 6.15. The van der Waals surface area contributed by atoms with Gasteiger partial charge >= 0.3 is 6.18 Å². The molecule has 0 amide bonds. The highest BCUT2D eigenvalue weighted by molar-refractivity contribution is 6.10. The van der Waals surface area contributed by atoms with E-state index in [1.165, 1.54) is 10.8 Å². The third-order valence-corrected chi connectivity index (χ3v) is 10.9. The van der Waals surface area contributed by atoms with Crippen LogP contribution in [0.3, 0.4) is 0 Å². The summed E-state index contributed by atoms with van der Waals surface area (Å²) in [6.07, 6.45) is -3.67. The van der Waals surface area contributed by atoms with E-state index in [2.05, 4.69) is 101 Å². The summed E-state index contributed by atoms with van der Waals surface area (Å²) in [6.45, 7) is 0. The molecule has 0 aliphatic heterocycles. The van der Waals surface area contributed by atoms with Crippen LogP contribution in [0.5, 0.6) is 0 Å². The van der Waals surface area contributed by atoms with E-state index in [-0.39, 0.29) is 5.58 Å². The van der Waals surface area contributed by atoms with Gasteiger partial charge in [0.1, 0.15) is 11.1 Å². The zero-order chi connectivity index (χ0) is 40.4. The van der Waals surface area contributed by atoms with E-state index >= 15 is 0 Å². The van der Waals surface area contributed by atoms with Crippen LogP contribution >= 0.6 is 0 Å². The minimum Gasteiger partial charge on any atom is -0.454 e. The number of aromatic nitrogens is 5. The Bertz CT molecular complexity index is 3400. The van der Waals surface area contributed by atoms with Crippen molar-refractivity contribution >= 4 is 43.9 Å². The first-order valence-electron chi connectivity index (χ1n) is 19.4. The molecule has 11 aromatic rings. The largest absolute Gasteiger partial charge is 0.454 e. The molecule has 0 fully saturated rings. The number of hydrogen-bond acceptors (Lipinski definition) is 5. The van der Waals surface area contributed by atoms with Gasteiger partial charge in [0.05, 0.1) is 16.6 Å². The number of benzene rings is 7. The van der Waals surface area contributed by atoms with Crippen LogP contribution in [0.15, 0.2) is 187 Å². The molecule has 0 N–H and O–H groups in total. The molecule has 0 aliphatic rings. The number of pyridine rings is 1. The first-order valence-corrected chi connectivity index (χ1v) is 19.4. The summed E-state index contributed by atoms with van der Waals surface area (Å²) in [5.41, 5.74) is 10.00. The van der Waals surface area contributed by atoms with Crippen molar-refractivity contribution in [3.05, 3.63) is 188 Å². The molecule has 0 atom stereocenters. The Balaban J connectivity index is 0.933. The fourth-order valence-electron chi connectivity index (χ4n) is 7.96. The molecular formula is C51H30F3N5O. The summed E-state index contributed by atoms with van der Waals surface area (Å²) in [5.74, 6) is 1.63. The Labute approximate surface area is 340 Å². The Morgan fingerprint density at radius 1 is 0.417 bits per heavy atom. The van der Waals surface area contributed by atoms with Crippen LogP contribution in [0.4, 0.5) is 13.2 Å². The number of fused-ring (bicyclic) bond motifs is 6. The van der Waals surface area contributed by atoms with Crippen LogP contribution in [0.2, 0.25) is 0 Å². The van der Waals surface area contributed by atoms with Crippen molar-refractivity contribution in [1.82, 2.24) is 24.5 Å². The van der Waals surface area contributed by atoms with Gasteiger partial charge in [0.25, 0.3) is 0 Å².